The summed E-state index contributed by atoms with van der Waals surface area (Å²) in [5.41, 5.74) is 0.981. The smallest absolute Gasteiger partial charge is 0.170 e. The molecule has 0 bridgehead atoms. The van der Waals surface area contributed by atoms with Gasteiger partial charge in [-0.15, -0.1) is 0 Å². The summed E-state index contributed by atoms with van der Waals surface area (Å²) < 4.78 is 5.14. The normalized spacial score (nSPS) is 15.3. The van der Waals surface area contributed by atoms with Gasteiger partial charge in [-0.3, -0.25) is 0 Å². The van der Waals surface area contributed by atoms with Crippen LogP contribution in [0.15, 0.2) is 24.3 Å². The predicted octanol–water partition coefficient (Wildman–Crippen LogP) is 4.44. The maximum absolute atomic E-state index is 5.31. The number of nitrogens with one attached hydrogen (secondary N) is 2. The molecule has 0 spiro atoms. The van der Waals surface area contributed by atoms with Gasteiger partial charge in [0.05, 0.1) is 7.11 Å². The van der Waals surface area contributed by atoms with E-state index in [9.17, 15) is 0 Å². The molecular weight excluding hydrogens is 312 g/mol. The van der Waals surface area contributed by atoms with Crippen molar-refractivity contribution in [2.45, 2.75) is 43.8 Å². The van der Waals surface area contributed by atoms with Gasteiger partial charge in [-0.1, -0.05) is 19.3 Å². The highest BCUT2D eigenvalue weighted by Gasteiger charge is 2.12. The van der Waals surface area contributed by atoms with Crippen LogP contribution in [0, 0.1) is 0 Å². The highest BCUT2D eigenvalue weighted by atomic mass is 32.2. The van der Waals surface area contributed by atoms with E-state index in [1.54, 1.807) is 7.11 Å². The monoisotopic (exact) mass is 338 g/mol. The van der Waals surface area contributed by atoms with Crippen LogP contribution in [0.25, 0.3) is 0 Å². The zero-order valence-corrected chi connectivity index (χ0v) is 14.9. The molecule has 0 aliphatic heterocycles. The van der Waals surface area contributed by atoms with E-state index in [0.717, 1.165) is 29.7 Å². The molecule has 0 atom stereocenters. The molecule has 1 aromatic rings. The Labute approximate surface area is 143 Å². The molecule has 3 nitrogen and oxygen atoms in total. The Kier molecular flexibility index (Phi) is 7.88. The third-order valence-electron chi connectivity index (χ3n) is 3.86. The Morgan fingerprint density at radius 3 is 2.64 bits per heavy atom. The first kappa shape index (κ1) is 17.4. The summed E-state index contributed by atoms with van der Waals surface area (Å²) in [6.07, 6.45) is 8.26. The molecule has 22 heavy (non-hydrogen) atoms. The highest BCUT2D eigenvalue weighted by Crippen LogP contribution is 2.28. The first-order valence-corrected chi connectivity index (χ1v) is 9.54. The molecule has 5 heteroatoms. The minimum atomic E-state index is 0.688. The molecule has 0 saturated heterocycles. The van der Waals surface area contributed by atoms with Crippen LogP contribution in [0.5, 0.6) is 5.75 Å². The molecule has 1 fully saturated rings. The molecule has 1 aromatic carbocycles. The average Bonchev–Trinajstić information content (AvgIpc) is 2.56. The summed E-state index contributed by atoms with van der Waals surface area (Å²) in [5, 5.41) is 8.05. The van der Waals surface area contributed by atoms with Crippen molar-refractivity contribution in [3.05, 3.63) is 24.3 Å². The van der Waals surface area contributed by atoms with E-state index in [1.807, 2.05) is 24.3 Å². The third kappa shape index (κ3) is 6.44. The van der Waals surface area contributed by atoms with Gasteiger partial charge in [-0.25, -0.2) is 0 Å². The molecule has 1 saturated carbocycles. The van der Waals surface area contributed by atoms with Crippen LogP contribution in [-0.2, 0) is 0 Å². The summed E-state index contributed by atoms with van der Waals surface area (Å²) in [4.78, 5) is 0. The molecule has 0 amide bonds. The Morgan fingerprint density at radius 1 is 1.23 bits per heavy atom. The SMILES string of the molecule is COc1ccc(NC(=S)NCCCSC2CCCCC2)cc1. The average molecular weight is 339 g/mol. The Bertz CT molecular complexity index is 444. The summed E-state index contributed by atoms with van der Waals surface area (Å²) in [5.74, 6) is 2.08. The second-order valence-corrected chi connectivity index (χ2v) is 7.41. The molecule has 0 heterocycles. The number of thioether (sulfide) groups is 1. The van der Waals surface area contributed by atoms with Gasteiger partial charge in [-0.2, -0.15) is 11.8 Å². The fourth-order valence-corrected chi connectivity index (χ4v) is 4.14. The van der Waals surface area contributed by atoms with E-state index in [1.165, 1.54) is 37.9 Å². The number of rotatable bonds is 7. The highest BCUT2D eigenvalue weighted by molar-refractivity contribution is 7.99. The summed E-state index contributed by atoms with van der Waals surface area (Å²) in [6.45, 7) is 0.932. The standard InChI is InChI=1S/C17H26N2OS2/c1-20-15-10-8-14(9-11-15)19-17(21)18-12-5-13-22-16-6-3-2-4-7-16/h8-11,16H,2-7,12-13H2,1H3,(H2,18,19,21). The van der Waals surface area contributed by atoms with Crippen molar-refractivity contribution >= 4 is 34.8 Å². The molecule has 122 valence electrons. The minimum Gasteiger partial charge on any atom is -0.497 e. The Hall–Kier alpha value is -0.940. The van der Waals surface area contributed by atoms with E-state index >= 15 is 0 Å². The van der Waals surface area contributed by atoms with Gasteiger partial charge in [0.15, 0.2) is 5.11 Å². The van der Waals surface area contributed by atoms with Crippen molar-refractivity contribution in [2.75, 3.05) is 24.7 Å². The van der Waals surface area contributed by atoms with Gasteiger partial charge >= 0.3 is 0 Å². The number of ether oxygens (including phenoxy) is 1. The van der Waals surface area contributed by atoms with Crippen LogP contribution < -0.4 is 15.4 Å². The molecule has 0 unspecified atom stereocenters. The molecule has 0 aromatic heterocycles. The fraction of sp³-hybridized carbons (Fsp3) is 0.588. The molecule has 1 aliphatic carbocycles. The molecular formula is C17H26N2OS2. The van der Waals surface area contributed by atoms with Gasteiger partial charge in [0.1, 0.15) is 5.75 Å². The predicted molar refractivity (Wildman–Crippen MR) is 101 cm³/mol. The van der Waals surface area contributed by atoms with Crippen molar-refractivity contribution in [1.29, 1.82) is 0 Å². The summed E-state index contributed by atoms with van der Waals surface area (Å²) in [7, 11) is 1.67. The number of benzene rings is 1. The summed E-state index contributed by atoms with van der Waals surface area (Å²) in [6, 6.07) is 7.77. The lowest BCUT2D eigenvalue weighted by Gasteiger charge is -2.20. The van der Waals surface area contributed by atoms with Crippen molar-refractivity contribution in [2.24, 2.45) is 0 Å². The van der Waals surface area contributed by atoms with E-state index in [0.29, 0.717) is 5.11 Å². The maximum atomic E-state index is 5.31. The van der Waals surface area contributed by atoms with Gasteiger partial charge in [0.25, 0.3) is 0 Å². The first-order chi connectivity index (χ1) is 10.8. The van der Waals surface area contributed by atoms with E-state index in [2.05, 4.69) is 22.4 Å². The number of hydrogen-bond donors (Lipinski definition) is 2. The van der Waals surface area contributed by atoms with E-state index in [4.69, 9.17) is 17.0 Å². The number of methoxy groups -OCH3 is 1. The lowest BCUT2D eigenvalue weighted by Crippen LogP contribution is -2.29. The Morgan fingerprint density at radius 2 is 1.95 bits per heavy atom. The Balaban J connectivity index is 1.55. The minimum absolute atomic E-state index is 0.688. The zero-order valence-electron chi connectivity index (χ0n) is 13.3. The number of anilines is 1. The number of thiocarbonyl (C=S) groups is 1. The first-order valence-electron chi connectivity index (χ1n) is 8.08. The molecule has 0 radical (unpaired) electrons. The lowest BCUT2D eigenvalue weighted by atomic mass is 10.0. The number of hydrogen-bond acceptors (Lipinski definition) is 3. The summed E-state index contributed by atoms with van der Waals surface area (Å²) >= 11 is 7.45. The van der Waals surface area contributed by atoms with Crippen LogP contribution in [-0.4, -0.2) is 29.8 Å². The van der Waals surface area contributed by atoms with Crippen molar-refractivity contribution in [3.8, 4) is 5.75 Å². The largest absolute Gasteiger partial charge is 0.497 e. The van der Waals surface area contributed by atoms with Gasteiger partial charge in [0.2, 0.25) is 0 Å². The van der Waals surface area contributed by atoms with Gasteiger partial charge in [-0.05, 0) is 61.5 Å². The van der Waals surface area contributed by atoms with Crippen LogP contribution >= 0.6 is 24.0 Å². The quantitative estimate of drug-likeness (QED) is 0.567. The van der Waals surface area contributed by atoms with Gasteiger partial charge in [0, 0.05) is 17.5 Å². The van der Waals surface area contributed by atoms with Gasteiger partial charge < -0.3 is 15.4 Å². The topological polar surface area (TPSA) is 33.3 Å². The fourth-order valence-electron chi connectivity index (χ4n) is 2.61. The zero-order chi connectivity index (χ0) is 15.6. The second-order valence-electron chi connectivity index (χ2n) is 5.59. The van der Waals surface area contributed by atoms with Crippen LogP contribution in [0.3, 0.4) is 0 Å². The van der Waals surface area contributed by atoms with Crippen molar-refractivity contribution in [3.63, 3.8) is 0 Å². The molecule has 1 aliphatic rings. The second kappa shape index (κ2) is 9.95. The van der Waals surface area contributed by atoms with Crippen molar-refractivity contribution < 1.29 is 4.74 Å². The van der Waals surface area contributed by atoms with Crippen molar-refractivity contribution in [1.82, 2.24) is 5.32 Å². The van der Waals surface area contributed by atoms with E-state index in [-0.39, 0.29) is 0 Å². The third-order valence-corrected chi connectivity index (χ3v) is 5.57. The van der Waals surface area contributed by atoms with Crippen LogP contribution in [0.1, 0.15) is 38.5 Å². The molecule has 2 N–H and O–H groups in total. The maximum Gasteiger partial charge on any atom is 0.170 e. The molecule has 2 rings (SSSR count). The van der Waals surface area contributed by atoms with Crippen LogP contribution in [0.2, 0.25) is 0 Å². The van der Waals surface area contributed by atoms with E-state index < -0.39 is 0 Å². The van der Waals surface area contributed by atoms with Crippen LogP contribution in [0.4, 0.5) is 5.69 Å². The lowest BCUT2D eigenvalue weighted by molar-refractivity contribution is 0.415.